The highest BCUT2D eigenvalue weighted by molar-refractivity contribution is 5.84. The average Bonchev–Trinajstić information content (AvgIpc) is 2.89. The van der Waals surface area contributed by atoms with Gasteiger partial charge in [-0.2, -0.15) is 0 Å². The molecule has 1 heterocycles. The molecule has 19 heavy (non-hydrogen) atoms. The molecule has 2 rings (SSSR count). The van der Waals surface area contributed by atoms with Crippen LogP contribution in [0, 0.1) is 0 Å². The van der Waals surface area contributed by atoms with Crippen molar-refractivity contribution in [3.63, 3.8) is 0 Å². The summed E-state index contributed by atoms with van der Waals surface area (Å²) in [6, 6.07) is 9.78. The Morgan fingerprint density at radius 1 is 1.32 bits per heavy atom. The van der Waals surface area contributed by atoms with Crippen molar-refractivity contribution in [2.24, 2.45) is 0 Å². The number of allylic oxidation sites excluding steroid dienone is 1. The molecule has 102 valence electrons. The van der Waals surface area contributed by atoms with Crippen molar-refractivity contribution in [3.05, 3.63) is 59.3 Å². The minimum atomic E-state index is 0.0491. The molecular weight excluding hydrogens is 236 g/mol. The molecule has 0 aliphatic heterocycles. The van der Waals surface area contributed by atoms with E-state index in [4.69, 9.17) is 10.8 Å². The number of benzene rings is 1. The van der Waals surface area contributed by atoms with Crippen molar-refractivity contribution in [1.29, 1.82) is 0 Å². The Balaban J connectivity index is 0.000000861. The number of hydrogen-bond acceptors (Lipinski definition) is 2. The van der Waals surface area contributed by atoms with Crippen LogP contribution in [0.25, 0.3) is 5.57 Å². The minimum absolute atomic E-state index is 0.0491. The predicted octanol–water partition coefficient (Wildman–Crippen LogP) is 3.57. The van der Waals surface area contributed by atoms with Gasteiger partial charge in [-0.05, 0) is 35.8 Å². The molecule has 0 unspecified atom stereocenters. The lowest BCUT2D eigenvalue weighted by molar-refractivity contribution is 0.282. The maximum Gasteiger partial charge on any atom is 0.108 e. The van der Waals surface area contributed by atoms with Gasteiger partial charge >= 0.3 is 0 Å². The van der Waals surface area contributed by atoms with Crippen molar-refractivity contribution < 1.29 is 5.11 Å². The molecule has 0 spiro atoms. The molecule has 3 heteroatoms. The van der Waals surface area contributed by atoms with E-state index in [0.717, 1.165) is 22.3 Å². The molecule has 0 saturated carbocycles. The highest BCUT2D eigenvalue weighted by atomic mass is 16.3. The molecule has 4 N–H and O–H groups in total. The second kappa shape index (κ2) is 7.44. The molecular formula is C16H22N2O. The van der Waals surface area contributed by atoms with Gasteiger partial charge in [0.05, 0.1) is 6.61 Å². The largest absolute Gasteiger partial charge is 0.392 e. The van der Waals surface area contributed by atoms with Crippen LogP contribution in [0.1, 0.15) is 37.5 Å². The number of nitrogen functional groups attached to an aromatic ring is 1. The molecule has 0 atom stereocenters. The summed E-state index contributed by atoms with van der Waals surface area (Å²) in [5, 5.41) is 9.15. The minimum Gasteiger partial charge on any atom is -0.392 e. The number of aromatic amines is 1. The van der Waals surface area contributed by atoms with Gasteiger partial charge in [0.15, 0.2) is 0 Å². The number of H-pyrrole nitrogens is 1. The van der Waals surface area contributed by atoms with Gasteiger partial charge < -0.3 is 15.8 Å². The molecule has 0 radical (unpaired) electrons. The zero-order valence-electron chi connectivity index (χ0n) is 11.8. The smallest absolute Gasteiger partial charge is 0.108 e. The van der Waals surface area contributed by atoms with Crippen molar-refractivity contribution >= 4 is 11.4 Å². The number of hydrogen-bond donors (Lipinski definition) is 3. The van der Waals surface area contributed by atoms with Crippen LogP contribution in [0.2, 0.25) is 0 Å². The molecule has 0 saturated heterocycles. The van der Waals surface area contributed by atoms with Crippen molar-refractivity contribution in [3.8, 4) is 0 Å². The number of aromatic nitrogens is 1. The van der Waals surface area contributed by atoms with Crippen LogP contribution in [-0.2, 0) is 6.61 Å². The normalized spacial score (nSPS) is 10.8. The Morgan fingerprint density at radius 2 is 2.05 bits per heavy atom. The quantitative estimate of drug-likeness (QED) is 0.788. The third-order valence-electron chi connectivity index (χ3n) is 2.78. The summed E-state index contributed by atoms with van der Waals surface area (Å²) in [7, 11) is 0. The first kappa shape index (κ1) is 15.1. The van der Waals surface area contributed by atoms with Crippen LogP contribution in [0.4, 0.5) is 5.82 Å². The van der Waals surface area contributed by atoms with Crippen molar-refractivity contribution in [2.75, 3.05) is 5.73 Å². The lowest BCUT2D eigenvalue weighted by Gasteiger charge is -2.08. The van der Waals surface area contributed by atoms with E-state index >= 15 is 0 Å². The topological polar surface area (TPSA) is 62.0 Å². The van der Waals surface area contributed by atoms with Gasteiger partial charge in [0.1, 0.15) is 5.82 Å². The zero-order valence-corrected chi connectivity index (χ0v) is 11.8. The maximum absolute atomic E-state index is 9.15. The van der Waals surface area contributed by atoms with Gasteiger partial charge in [-0.3, -0.25) is 0 Å². The number of aliphatic hydroxyl groups excluding tert-OH is 1. The lowest BCUT2D eigenvalue weighted by Crippen LogP contribution is -1.94. The third-order valence-corrected chi connectivity index (χ3v) is 2.78. The summed E-state index contributed by atoms with van der Waals surface area (Å²) in [5.74, 6) is 0.660. The van der Waals surface area contributed by atoms with E-state index in [1.807, 2.05) is 63.4 Å². The molecule has 0 amide bonds. The molecule has 0 bridgehead atoms. The van der Waals surface area contributed by atoms with Gasteiger partial charge in [0, 0.05) is 11.8 Å². The summed E-state index contributed by atoms with van der Waals surface area (Å²) < 4.78 is 0. The first-order valence-electron chi connectivity index (χ1n) is 6.56. The van der Waals surface area contributed by atoms with E-state index < -0.39 is 0 Å². The number of aliphatic hydroxyl groups is 1. The summed E-state index contributed by atoms with van der Waals surface area (Å²) in [6.07, 6.45) is 3.85. The summed E-state index contributed by atoms with van der Waals surface area (Å²) in [4.78, 5) is 2.97. The molecule has 1 aromatic heterocycles. The Morgan fingerprint density at radius 3 is 2.58 bits per heavy atom. The summed E-state index contributed by atoms with van der Waals surface area (Å²) in [5.41, 5.74) is 9.90. The van der Waals surface area contributed by atoms with Gasteiger partial charge in [0.25, 0.3) is 0 Å². The van der Waals surface area contributed by atoms with Gasteiger partial charge in [-0.1, -0.05) is 38.1 Å². The fraction of sp³-hybridized carbons (Fsp3) is 0.250. The maximum atomic E-state index is 9.15. The standard InChI is InChI=1S/C14H16N2O.C2H6/c1-2-12(13-6-7-16-14(13)15)11-5-3-4-10(8-11)9-17;1-2/h2-8,16-17H,9,15H2,1H3;1-2H3/b12-2-;. The van der Waals surface area contributed by atoms with Gasteiger partial charge in [-0.25, -0.2) is 0 Å². The van der Waals surface area contributed by atoms with Crippen molar-refractivity contribution in [2.45, 2.75) is 27.4 Å². The van der Waals surface area contributed by atoms with Crippen LogP contribution in [0.3, 0.4) is 0 Å². The van der Waals surface area contributed by atoms with Gasteiger partial charge in [-0.15, -0.1) is 0 Å². The highest BCUT2D eigenvalue weighted by Gasteiger charge is 2.08. The second-order valence-corrected chi connectivity index (χ2v) is 3.87. The fourth-order valence-corrected chi connectivity index (χ4v) is 1.93. The van der Waals surface area contributed by atoms with E-state index in [1.54, 1.807) is 0 Å². The van der Waals surface area contributed by atoms with E-state index in [-0.39, 0.29) is 6.61 Å². The fourth-order valence-electron chi connectivity index (χ4n) is 1.93. The number of nitrogens with one attached hydrogen (secondary N) is 1. The number of anilines is 1. The van der Waals surface area contributed by atoms with Crippen LogP contribution in [-0.4, -0.2) is 10.1 Å². The lowest BCUT2D eigenvalue weighted by atomic mass is 9.98. The average molecular weight is 258 g/mol. The number of nitrogens with two attached hydrogens (primary N) is 1. The van der Waals surface area contributed by atoms with Crippen LogP contribution < -0.4 is 5.73 Å². The Labute approximate surface area is 114 Å². The molecule has 0 aliphatic carbocycles. The molecule has 0 aliphatic rings. The molecule has 2 aromatic rings. The van der Waals surface area contributed by atoms with E-state index in [0.29, 0.717) is 5.82 Å². The summed E-state index contributed by atoms with van der Waals surface area (Å²) >= 11 is 0. The van der Waals surface area contributed by atoms with Gasteiger partial charge in [0.2, 0.25) is 0 Å². The Kier molecular flexibility index (Phi) is 5.90. The monoisotopic (exact) mass is 258 g/mol. The highest BCUT2D eigenvalue weighted by Crippen LogP contribution is 2.27. The first-order valence-corrected chi connectivity index (χ1v) is 6.56. The van der Waals surface area contributed by atoms with E-state index in [1.165, 1.54) is 0 Å². The Bertz CT molecular complexity index is 541. The number of rotatable bonds is 3. The predicted molar refractivity (Wildman–Crippen MR) is 81.7 cm³/mol. The Hall–Kier alpha value is -2.00. The van der Waals surface area contributed by atoms with Crippen LogP contribution >= 0.6 is 0 Å². The summed E-state index contributed by atoms with van der Waals surface area (Å²) in [6.45, 7) is 6.03. The van der Waals surface area contributed by atoms with E-state index in [2.05, 4.69) is 4.98 Å². The second-order valence-electron chi connectivity index (χ2n) is 3.87. The SMILES string of the molecule is C/C=C(/c1cccc(CO)c1)c1cc[nH]c1N.CC. The first-order chi connectivity index (χ1) is 9.26. The zero-order chi connectivity index (χ0) is 14.3. The third kappa shape index (κ3) is 3.48. The van der Waals surface area contributed by atoms with Crippen LogP contribution in [0.15, 0.2) is 42.6 Å². The molecule has 0 fully saturated rings. The van der Waals surface area contributed by atoms with Crippen molar-refractivity contribution in [1.82, 2.24) is 4.98 Å². The molecule has 3 nitrogen and oxygen atoms in total. The molecule has 1 aromatic carbocycles. The van der Waals surface area contributed by atoms with Crippen LogP contribution in [0.5, 0.6) is 0 Å². The van der Waals surface area contributed by atoms with E-state index in [9.17, 15) is 0 Å².